The topological polar surface area (TPSA) is 225 Å². The van der Waals surface area contributed by atoms with Crippen molar-refractivity contribution in [2.24, 2.45) is 0 Å². The second kappa shape index (κ2) is 46.3. The van der Waals surface area contributed by atoms with Gasteiger partial charge in [-0.15, -0.1) is 0 Å². The number of carbonyl (C=O) groups excluding carboxylic acids is 2. The first kappa shape index (κ1) is 65.0. The molecule has 0 rings (SSSR count). The highest BCUT2D eigenvalue weighted by Crippen LogP contribution is 2.45. The number of unbranched alkanes of at least 4 members (excludes halogenated alkanes) is 14. The van der Waals surface area contributed by atoms with E-state index in [0.717, 1.165) is 70.6 Å². The van der Waals surface area contributed by atoms with Gasteiger partial charge in [-0.2, -0.15) is 0 Å². The molecule has 5 N–H and O–H groups in total. The number of esters is 2. The number of hydrogen-bond acceptors (Lipinski definition) is 13. The van der Waals surface area contributed by atoms with Crippen molar-refractivity contribution in [1.29, 1.82) is 0 Å². The van der Waals surface area contributed by atoms with Crippen molar-refractivity contribution in [3.63, 3.8) is 0 Å². The number of allylic oxidation sites excluding steroid dienone is 16. The van der Waals surface area contributed by atoms with Crippen molar-refractivity contribution in [2.75, 3.05) is 39.6 Å². The van der Waals surface area contributed by atoms with E-state index in [1.807, 2.05) is 54.7 Å². The van der Waals surface area contributed by atoms with Gasteiger partial charge in [-0.05, 0) is 70.6 Å². The second-order valence-electron chi connectivity index (χ2n) is 16.2. The summed E-state index contributed by atoms with van der Waals surface area (Å²) in [6, 6.07) is 0. The van der Waals surface area contributed by atoms with E-state index in [4.69, 9.17) is 9.47 Å². The molecule has 0 saturated carbocycles. The van der Waals surface area contributed by atoms with Gasteiger partial charge in [-0.25, -0.2) is 9.13 Å². The highest BCUT2D eigenvalue weighted by Gasteiger charge is 2.28. The van der Waals surface area contributed by atoms with E-state index in [9.17, 15) is 43.8 Å². The van der Waals surface area contributed by atoms with Crippen molar-refractivity contribution >= 4 is 27.6 Å². The fourth-order valence-electron chi connectivity index (χ4n) is 5.83. The summed E-state index contributed by atoms with van der Waals surface area (Å²) >= 11 is 0. The molecule has 0 heterocycles. The predicted octanol–water partition coefficient (Wildman–Crippen LogP) is 11.5. The van der Waals surface area contributed by atoms with Gasteiger partial charge in [0.1, 0.15) is 31.5 Å². The van der Waals surface area contributed by atoms with Crippen LogP contribution < -0.4 is 0 Å². The largest absolute Gasteiger partial charge is 0.472 e. The standard InChI is InChI=1S/C51H86O15P2/c1-3-5-7-9-11-13-15-17-19-20-21-22-23-24-26-28-30-32-34-36-38-40-51(56)62-42-48(53)44-64-68(59,60)66-46-49(54)45-65-67(57,58)63-43-47(52)41-61-50(55)39-37-35-33-31-29-27-25-18-16-14-12-10-8-6-4-2/h6,8,10-14,16-19,21-22,25,27,29,47-49,52-54H,3-5,7,9,15,20,23-24,26,28,30-46H2,1-2H3,(H,57,58)(H,59,60)/b8-6+,12-10+,13-11-,16-14-,19-17-,22-21-,25-18-,29-27+. The molecule has 0 aromatic carbocycles. The van der Waals surface area contributed by atoms with Crippen LogP contribution in [0.2, 0.25) is 0 Å². The molecule has 5 unspecified atom stereocenters. The number of rotatable bonds is 46. The van der Waals surface area contributed by atoms with E-state index in [1.165, 1.54) is 44.9 Å². The summed E-state index contributed by atoms with van der Waals surface area (Å²) in [7, 11) is -9.60. The van der Waals surface area contributed by atoms with Crippen molar-refractivity contribution < 1.29 is 71.4 Å². The number of phosphoric ester groups is 2. The Labute approximate surface area is 408 Å². The molecule has 0 spiro atoms. The van der Waals surface area contributed by atoms with Gasteiger partial charge in [0.25, 0.3) is 0 Å². The highest BCUT2D eigenvalue weighted by molar-refractivity contribution is 7.47. The van der Waals surface area contributed by atoms with E-state index in [-0.39, 0.29) is 12.8 Å². The van der Waals surface area contributed by atoms with Crippen LogP contribution in [-0.4, -0.2) is 95.0 Å². The molecule has 0 aliphatic rings. The minimum absolute atomic E-state index is 0.142. The van der Waals surface area contributed by atoms with Crippen LogP contribution in [0.1, 0.15) is 155 Å². The minimum atomic E-state index is -4.80. The number of ether oxygens (including phenoxy) is 2. The lowest BCUT2D eigenvalue weighted by atomic mass is 10.1. The summed E-state index contributed by atoms with van der Waals surface area (Å²) < 4.78 is 53.0. The third-order valence-electron chi connectivity index (χ3n) is 9.65. The van der Waals surface area contributed by atoms with Gasteiger partial charge in [0.2, 0.25) is 0 Å². The molecule has 0 bridgehead atoms. The molecular formula is C51H86O15P2. The van der Waals surface area contributed by atoms with Crippen molar-refractivity contribution in [2.45, 2.75) is 173 Å². The maximum atomic E-state index is 12.2. The molecular weight excluding hydrogens is 914 g/mol. The maximum absolute atomic E-state index is 12.2. The first-order valence-electron chi connectivity index (χ1n) is 24.7. The van der Waals surface area contributed by atoms with E-state index < -0.39 is 85.5 Å². The number of hydrogen-bond donors (Lipinski definition) is 5. The van der Waals surface area contributed by atoms with E-state index >= 15 is 0 Å². The predicted molar refractivity (Wildman–Crippen MR) is 269 cm³/mol. The molecule has 0 amide bonds. The van der Waals surface area contributed by atoms with Crippen LogP contribution in [0.15, 0.2) is 97.2 Å². The SMILES string of the molecule is CC/C=C/C=C/C=C\C=C/C=C/CCCCCC(=O)OCC(O)COP(=O)(O)OCC(O)COP(=O)(O)OCC(O)COC(=O)CCCCCCCCCC/C=C\C/C=C\C/C=C\CCCCC. The lowest BCUT2D eigenvalue weighted by Crippen LogP contribution is -2.25. The molecule has 5 atom stereocenters. The summed E-state index contributed by atoms with van der Waals surface area (Å²) in [5.74, 6) is -1.05. The minimum Gasteiger partial charge on any atom is -0.463 e. The fraction of sp³-hybridized carbons (Fsp3) is 0.647. The Morgan fingerprint density at radius 2 is 0.735 bits per heavy atom. The summed E-state index contributed by atoms with van der Waals surface area (Å²) in [5, 5.41) is 30.0. The molecule has 0 aliphatic heterocycles. The zero-order valence-electron chi connectivity index (χ0n) is 41.0. The van der Waals surface area contributed by atoms with Crippen LogP contribution in [0.3, 0.4) is 0 Å². The first-order chi connectivity index (χ1) is 32.8. The Hall–Kier alpha value is -3.04. The van der Waals surface area contributed by atoms with Gasteiger partial charge < -0.3 is 34.6 Å². The molecule has 0 fully saturated rings. The van der Waals surface area contributed by atoms with Crippen molar-refractivity contribution in [3.05, 3.63) is 97.2 Å². The second-order valence-corrected chi connectivity index (χ2v) is 19.1. The summed E-state index contributed by atoms with van der Waals surface area (Å²) in [5.41, 5.74) is 0. The van der Waals surface area contributed by atoms with Crippen LogP contribution >= 0.6 is 15.6 Å². The van der Waals surface area contributed by atoms with Crippen LogP contribution in [0.4, 0.5) is 0 Å². The summed E-state index contributed by atoms with van der Waals surface area (Å²) in [6.07, 6.45) is 49.6. The smallest absolute Gasteiger partial charge is 0.463 e. The number of carbonyl (C=O) groups is 2. The van der Waals surface area contributed by atoms with Gasteiger partial charge in [0.05, 0.1) is 26.4 Å². The maximum Gasteiger partial charge on any atom is 0.472 e. The van der Waals surface area contributed by atoms with Gasteiger partial charge in [0, 0.05) is 12.8 Å². The average molecular weight is 1000 g/mol. The van der Waals surface area contributed by atoms with Crippen LogP contribution in [0.5, 0.6) is 0 Å². The Balaban J connectivity index is 3.93. The number of aliphatic hydroxyl groups excluding tert-OH is 3. The number of aliphatic hydroxyl groups is 3. The molecule has 0 aromatic rings. The van der Waals surface area contributed by atoms with Gasteiger partial charge >= 0.3 is 27.6 Å². The summed E-state index contributed by atoms with van der Waals surface area (Å²) in [6.45, 7) is 0.166. The van der Waals surface area contributed by atoms with Gasteiger partial charge in [-0.1, -0.05) is 169 Å². The van der Waals surface area contributed by atoms with E-state index in [2.05, 4.69) is 74.5 Å². The monoisotopic (exact) mass is 1000 g/mol. The Bertz CT molecular complexity index is 1590. The average Bonchev–Trinajstić information content (AvgIpc) is 3.31. The van der Waals surface area contributed by atoms with Crippen LogP contribution in [-0.2, 0) is 46.3 Å². The Morgan fingerprint density at radius 1 is 0.412 bits per heavy atom. The Morgan fingerprint density at radius 3 is 1.16 bits per heavy atom. The van der Waals surface area contributed by atoms with Crippen molar-refractivity contribution in [3.8, 4) is 0 Å². The third-order valence-corrected chi connectivity index (χ3v) is 11.6. The molecule has 0 aromatic heterocycles. The normalized spacial score (nSPS) is 15.8. The molecule has 17 heteroatoms. The summed E-state index contributed by atoms with van der Waals surface area (Å²) in [4.78, 5) is 43.8. The lowest BCUT2D eigenvalue weighted by molar-refractivity contribution is -0.148. The zero-order valence-corrected chi connectivity index (χ0v) is 42.8. The Kier molecular flexibility index (Phi) is 44.3. The van der Waals surface area contributed by atoms with Crippen LogP contribution in [0, 0.1) is 0 Å². The fourth-order valence-corrected chi connectivity index (χ4v) is 7.42. The van der Waals surface area contributed by atoms with Crippen LogP contribution in [0.25, 0.3) is 0 Å². The molecule has 0 aliphatic carbocycles. The molecule has 390 valence electrons. The van der Waals surface area contributed by atoms with E-state index in [0.29, 0.717) is 12.8 Å². The first-order valence-corrected chi connectivity index (χ1v) is 27.6. The quantitative estimate of drug-likeness (QED) is 0.0126. The molecule has 15 nitrogen and oxygen atoms in total. The molecule has 68 heavy (non-hydrogen) atoms. The molecule has 0 radical (unpaired) electrons. The lowest BCUT2D eigenvalue weighted by Gasteiger charge is -2.19. The van der Waals surface area contributed by atoms with Crippen molar-refractivity contribution in [1.82, 2.24) is 0 Å². The third kappa shape index (κ3) is 48.0. The number of phosphoric acid groups is 2. The molecule has 0 saturated heterocycles. The van der Waals surface area contributed by atoms with Gasteiger partial charge in [-0.3, -0.25) is 27.7 Å². The van der Waals surface area contributed by atoms with E-state index in [1.54, 1.807) is 0 Å². The van der Waals surface area contributed by atoms with Gasteiger partial charge in [0.15, 0.2) is 0 Å². The highest BCUT2D eigenvalue weighted by atomic mass is 31.2. The zero-order chi connectivity index (χ0) is 50.2.